The zero-order valence-corrected chi connectivity index (χ0v) is 23.5. The van der Waals surface area contributed by atoms with E-state index in [1.165, 1.54) is 141 Å². The average molecular weight is 474 g/mol. The first-order chi connectivity index (χ1) is 15.3. The molecule has 0 amide bonds. The average Bonchev–Trinajstić information content (AvgIpc) is 2.76. The van der Waals surface area contributed by atoms with Gasteiger partial charge >= 0.3 is 174 Å². The molecular formula is C28H60NO2P. The first-order valence-corrected chi connectivity index (χ1v) is 16.7. The normalized spacial score (nSPS) is 11.7. The van der Waals surface area contributed by atoms with Crippen LogP contribution in [0.4, 0.5) is 0 Å². The Hall–Kier alpha value is -0.400. The molecule has 3 N–H and O–H groups in total. The number of carboxylic acids is 1. The Balaban J connectivity index is 0. The topological polar surface area (TPSA) is 63.3 Å². The molecule has 0 unspecified atom stereocenters. The molecule has 0 fully saturated rings. The number of carbonyl (C=O) groups is 1. The SMILES string of the molecule is C=C(C)C(=O)O.CCCCCCCC[PH](N)(CCCCCCCC)CCCCCCCC. The standard InChI is InChI=1S/C24H54NP.C4H6O2/c1-4-7-10-13-16-19-22-26(25,23-20-17-14-11-8-5-2)24-21-18-15-12-9-6-3;1-3(2)4(5)6/h26H,4-25H2,1-3H3;1H2,2H3,(H,5,6). The first kappa shape index (κ1) is 33.8. The summed E-state index contributed by atoms with van der Waals surface area (Å²) in [7, 11) is -1.45. The molecule has 32 heavy (non-hydrogen) atoms. The summed E-state index contributed by atoms with van der Waals surface area (Å²) < 4.78 is 0. The Kier molecular flexibility index (Phi) is 26.6. The van der Waals surface area contributed by atoms with Crippen LogP contribution in [0.15, 0.2) is 12.2 Å². The first-order valence-electron chi connectivity index (χ1n) is 14.0. The minimum atomic E-state index is -1.45. The number of aliphatic carboxylic acids is 1. The van der Waals surface area contributed by atoms with Crippen molar-refractivity contribution in [2.75, 3.05) is 18.5 Å². The molecule has 194 valence electrons. The molecule has 0 radical (unpaired) electrons. The number of hydrogen-bond donors (Lipinski definition) is 2. The summed E-state index contributed by atoms with van der Waals surface area (Å²) in [4.78, 5) is 9.60. The fourth-order valence-electron chi connectivity index (χ4n) is 4.15. The molecule has 3 nitrogen and oxygen atoms in total. The molecule has 0 bridgehead atoms. The van der Waals surface area contributed by atoms with Gasteiger partial charge in [-0.05, 0) is 6.92 Å². The zero-order chi connectivity index (χ0) is 24.5. The van der Waals surface area contributed by atoms with Gasteiger partial charge in [0.25, 0.3) is 0 Å². The number of nitrogens with two attached hydrogens (primary N) is 1. The summed E-state index contributed by atoms with van der Waals surface area (Å²) in [6, 6.07) is 0. The summed E-state index contributed by atoms with van der Waals surface area (Å²) in [5.74, 6) is -0.935. The van der Waals surface area contributed by atoms with Gasteiger partial charge in [0.05, 0.1) is 0 Å². The van der Waals surface area contributed by atoms with E-state index in [-0.39, 0.29) is 5.57 Å². The number of unbranched alkanes of at least 4 members (excludes halogenated alkanes) is 15. The van der Waals surface area contributed by atoms with Crippen LogP contribution in [0.2, 0.25) is 0 Å². The Labute approximate surface area is 202 Å². The van der Waals surface area contributed by atoms with Gasteiger partial charge in [-0.2, -0.15) is 0 Å². The molecule has 0 rings (SSSR count). The zero-order valence-electron chi connectivity index (χ0n) is 22.5. The van der Waals surface area contributed by atoms with E-state index in [4.69, 9.17) is 10.6 Å². The van der Waals surface area contributed by atoms with E-state index in [0.717, 1.165) is 0 Å². The Morgan fingerprint density at radius 2 is 0.844 bits per heavy atom. The molecule has 0 saturated carbocycles. The van der Waals surface area contributed by atoms with Crippen LogP contribution < -0.4 is 5.50 Å². The van der Waals surface area contributed by atoms with Gasteiger partial charge in [-0.25, -0.2) is 4.79 Å². The monoisotopic (exact) mass is 473 g/mol. The third-order valence-electron chi connectivity index (χ3n) is 6.45. The maximum atomic E-state index is 9.60. The van der Waals surface area contributed by atoms with Gasteiger partial charge in [0.1, 0.15) is 0 Å². The van der Waals surface area contributed by atoms with E-state index in [0.29, 0.717) is 0 Å². The van der Waals surface area contributed by atoms with Crippen molar-refractivity contribution < 1.29 is 9.90 Å². The van der Waals surface area contributed by atoms with Crippen molar-refractivity contribution in [2.45, 2.75) is 143 Å². The van der Waals surface area contributed by atoms with Crippen LogP contribution in [0.1, 0.15) is 143 Å². The van der Waals surface area contributed by atoms with E-state index in [2.05, 4.69) is 27.4 Å². The maximum absolute atomic E-state index is 9.60. The van der Waals surface area contributed by atoms with E-state index < -0.39 is 13.4 Å². The van der Waals surface area contributed by atoms with Crippen LogP contribution in [-0.2, 0) is 4.79 Å². The fraction of sp³-hybridized carbons (Fsp3) is 0.893. The fourth-order valence-corrected chi connectivity index (χ4v) is 7.76. The van der Waals surface area contributed by atoms with Crippen molar-refractivity contribution in [2.24, 2.45) is 5.50 Å². The third kappa shape index (κ3) is 25.9. The molecule has 0 atom stereocenters. The van der Waals surface area contributed by atoms with Gasteiger partial charge in [0.15, 0.2) is 0 Å². The van der Waals surface area contributed by atoms with E-state index in [1.54, 1.807) is 0 Å². The molecule has 0 aliphatic rings. The number of carboxylic acid groups (broad SMARTS) is 1. The summed E-state index contributed by atoms with van der Waals surface area (Å²) in [6.07, 6.45) is 29.7. The van der Waals surface area contributed by atoms with Crippen LogP contribution in [-0.4, -0.2) is 29.6 Å². The Morgan fingerprint density at radius 3 is 1.06 bits per heavy atom. The number of hydrogen-bond acceptors (Lipinski definition) is 2. The molecule has 0 spiro atoms. The van der Waals surface area contributed by atoms with Crippen LogP contribution in [0, 0.1) is 0 Å². The summed E-state index contributed by atoms with van der Waals surface area (Å²) in [5, 5.41) is 7.89. The third-order valence-corrected chi connectivity index (χ3v) is 10.5. The van der Waals surface area contributed by atoms with Gasteiger partial charge in [-0.3, -0.25) is 0 Å². The molecule has 4 heteroatoms. The van der Waals surface area contributed by atoms with Crippen LogP contribution in [0.3, 0.4) is 0 Å². The number of rotatable bonds is 22. The molecule has 0 aliphatic carbocycles. The van der Waals surface area contributed by atoms with Crippen molar-refractivity contribution in [3.8, 4) is 0 Å². The van der Waals surface area contributed by atoms with Crippen LogP contribution in [0.25, 0.3) is 0 Å². The van der Waals surface area contributed by atoms with Crippen molar-refractivity contribution in [3.63, 3.8) is 0 Å². The molecule has 0 aliphatic heterocycles. The molecule has 0 heterocycles. The van der Waals surface area contributed by atoms with Crippen molar-refractivity contribution in [3.05, 3.63) is 12.2 Å². The van der Waals surface area contributed by atoms with Crippen LogP contribution >= 0.6 is 7.41 Å². The van der Waals surface area contributed by atoms with Crippen LogP contribution in [0.5, 0.6) is 0 Å². The van der Waals surface area contributed by atoms with E-state index >= 15 is 0 Å². The van der Waals surface area contributed by atoms with Gasteiger partial charge < -0.3 is 5.11 Å². The summed E-state index contributed by atoms with van der Waals surface area (Å²) >= 11 is 0. The van der Waals surface area contributed by atoms with Gasteiger partial charge in [-0.15, -0.1) is 0 Å². The molecule has 0 saturated heterocycles. The second-order valence-corrected chi connectivity index (χ2v) is 14.2. The molecule has 0 aromatic heterocycles. The minimum absolute atomic E-state index is 0.176. The second-order valence-electron chi connectivity index (χ2n) is 10.0. The molecule has 0 aromatic carbocycles. The van der Waals surface area contributed by atoms with E-state index in [9.17, 15) is 4.79 Å². The summed E-state index contributed by atoms with van der Waals surface area (Å²) in [6.45, 7) is 11.5. The van der Waals surface area contributed by atoms with E-state index in [1.807, 2.05) is 0 Å². The molecular weight excluding hydrogens is 413 g/mol. The second kappa shape index (κ2) is 25.2. The molecule has 0 aromatic rings. The predicted molar refractivity (Wildman–Crippen MR) is 150 cm³/mol. The Bertz CT molecular complexity index is 373. The van der Waals surface area contributed by atoms with Gasteiger partial charge in [-0.1, -0.05) is 6.58 Å². The van der Waals surface area contributed by atoms with Gasteiger partial charge in [0.2, 0.25) is 0 Å². The summed E-state index contributed by atoms with van der Waals surface area (Å²) in [5.41, 5.74) is 7.24. The van der Waals surface area contributed by atoms with Crippen molar-refractivity contribution in [1.29, 1.82) is 0 Å². The van der Waals surface area contributed by atoms with Gasteiger partial charge in [0, 0.05) is 5.57 Å². The Morgan fingerprint density at radius 1 is 0.625 bits per heavy atom. The quantitative estimate of drug-likeness (QED) is 0.0935. The van der Waals surface area contributed by atoms with Crippen molar-refractivity contribution in [1.82, 2.24) is 0 Å². The van der Waals surface area contributed by atoms with Crippen molar-refractivity contribution >= 4 is 13.4 Å². The predicted octanol–water partition coefficient (Wildman–Crippen LogP) is 9.34.